The molecule has 0 saturated carbocycles. The molecule has 4 aromatic carbocycles. The number of rotatable bonds is 2. The fraction of sp³-hybridized carbons (Fsp3) is 0.385. The van der Waals surface area contributed by atoms with E-state index in [1.165, 1.54) is 61.2 Å². The molecular formula is C39H46. The molecule has 0 aromatic heterocycles. The van der Waals surface area contributed by atoms with E-state index in [2.05, 4.69) is 155 Å². The van der Waals surface area contributed by atoms with Crippen molar-refractivity contribution in [1.82, 2.24) is 0 Å². The highest BCUT2D eigenvalue weighted by atomic mass is 14.4. The first kappa shape index (κ1) is 27.4. The first-order valence-electron chi connectivity index (χ1n) is 14.5. The third-order valence-corrected chi connectivity index (χ3v) is 8.79. The van der Waals surface area contributed by atoms with Gasteiger partial charge in [0, 0.05) is 5.41 Å². The van der Waals surface area contributed by atoms with Gasteiger partial charge in [0.05, 0.1) is 0 Å². The highest BCUT2D eigenvalue weighted by Gasteiger charge is 2.39. The molecule has 0 saturated heterocycles. The Morgan fingerprint density at radius 1 is 0.410 bits per heavy atom. The molecule has 5 rings (SSSR count). The third kappa shape index (κ3) is 4.88. The lowest BCUT2D eigenvalue weighted by Gasteiger charge is -2.27. The van der Waals surface area contributed by atoms with E-state index >= 15 is 0 Å². The molecule has 1 aliphatic rings. The van der Waals surface area contributed by atoms with Crippen molar-refractivity contribution in [3.63, 3.8) is 0 Å². The molecule has 0 amide bonds. The Morgan fingerprint density at radius 2 is 0.846 bits per heavy atom. The Kier molecular flexibility index (Phi) is 6.30. The molecule has 39 heavy (non-hydrogen) atoms. The quantitative estimate of drug-likeness (QED) is 0.249. The fourth-order valence-corrected chi connectivity index (χ4v) is 5.98. The van der Waals surface area contributed by atoms with Crippen LogP contribution in [0.2, 0.25) is 0 Å². The van der Waals surface area contributed by atoms with Crippen molar-refractivity contribution in [2.24, 2.45) is 0 Å². The highest BCUT2D eigenvalue weighted by Crippen LogP contribution is 2.54. The summed E-state index contributed by atoms with van der Waals surface area (Å²) in [5.74, 6) is 0. The lowest BCUT2D eigenvalue weighted by molar-refractivity contribution is 0.580. The molecular weight excluding hydrogens is 468 g/mol. The van der Waals surface area contributed by atoms with Crippen LogP contribution in [0, 0.1) is 0 Å². The summed E-state index contributed by atoms with van der Waals surface area (Å²) in [7, 11) is 0. The molecule has 0 bridgehead atoms. The Balaban J connectivity index is 1.66. The molecule has 0 atom stereocenters. The van der Waals surface area contributed by atoms with Crippen LogP contribution in [0.25, 0.3) is 33.4 Å². The summed E-state index contributed by atoms with van der Waals surface area (Å²) in [6.07, 6.45) is 0. The first-order chi connectivity index (χ1) is 18.0. The molecule has 0 N–H and O–H groups in total. The predicted octanol–water partition coefficient (Wildman–Crippen LogP) is 11.2. The van der Waals surface area contributed by atoms with E-state index in [0.29, 0.717) is 0 Å². The van der Waals surface area contributed by atoms with Gasteiger partial charge in [-0.3, -0.25) is 0 Å². The first-order valence-corrected chi connectivity index (χ1v) is 14.5. The van der Waals surface area contributed by atoms with E-state index in [1.54, 1.807) is 0 Å². The van der Waals surface area contributed by atoms with E-state index in [0.717, 1.165) is 0 Å². The zero-order valence-corrected chi connectivity index (χ0v) is 26.0. The summed E-state index contributed by atoms with van der Waals surface area (Å²) in [6, 6.07) is 30.4. The van der Waals surface area contributed by atoms with Crippen molar-refractivity contribution >= 4 is 0 Å². The molecule has 0 radical (unpaired) electrons. The zero-order valence-electron chi connectivity index (χ0n) is 26.0. The summed E-state index contributed by atoms with van der Waals surface area (Å²) in [5.41, 5.74) is 15.4. The normalized spacial score (nSPS) is 14.7. The average molecular weight is 515 g/mol. The fourth-order valence-electron chi connectivity index (χ4n) is 5.98. The standard InChI is InChI=1S/C39H46/c1-36(2,3)28-18-16-26(17-19-28)25-12-14-27(15-13-25)32-22-30(38(7,8)9)24-34-35(32)31-21-20-29(37(4,5)6)23-33(31)39(34,10)11/h12-24H,1-11H3. The van der Waals surface area contributed by atoms with Gasteiger partial charge in [0.25, 0.3) is 0 Å². The van der Waals surface area contributed by atoms with E-state index in [-0.39, 0.29) is 21.7 Å². The third-order valence-electron chi connectivity index (χ3n) is 8.79. The van der Waals surface area contributed by atoms with E-state index in [1.807, 2.05) is 0 Å². The summed E-state index contributed by atoms with van der Waals surface area (Å²) in [6.45, 7) is 25.5. The van der Waals surface area contributed by atoms with Crippen molar-refractivity contribution in [3.05, 3.63) is 107 Å². The molecule has 0 heterocycles. The second-order valence-corrected chi connectivity index (χ2v) is 15.2. The second kappa shape index (κ2) is 8.95. The number of benzene rings is 4. The van der Waals surface area contributed by atoms with Crippen LogP contribution in [-0.4, -0.2) is 0 Å². The Morgan fingerprint density at radius 3 is 1.36 bits per heavy atom. The van der Waals surface area contributed by atoms with Gasteiger partial charge in [-0.2, -0.15) is 0 Å². The minimum Gasteiger partial charge on any atom is -0.0579 e. The van der Waals surface area contributed by atoms with Crippen molar-refractivity contribution in [1.29, 1.82) is 0 Å². The summed E-state index contributed by atoms with van der Waals surface area (Å²) in [4.78, 5) is 0. The van der Waals surface area contributed by atoms with Gasteiger partial charge in [0.1, 0.15) is 0 Å². The maximum atomic E-state index is 2.49. The SMILES string of the molecule is CC(C)(C)c1ccc(-c2ccc(-c3cc(C(C)(C)C)cc4c3-c3ccc(C(C)(C)C)cc3C4(C)C)cc2)cc1. The largest absolute Gasteiger partial charge is 0.0579 e. The van der Waals surface area contributed by atoms with Crippen LogP contribution in [0.1, 0.15) is 104 Å². The van der Waals surface area contributed by atoms with Gasteiger partial charge in [-0.15, -0.1) is 0 Å². The van der Waals surface area contributed by atoms with Gasteiger partial charge in [0.2, 0.25) is 0 Å². The minimum absolute atomic E-state index is 0.0450. The predicted molar refractivity (Wildman–Crippen MR) is 171 cm³/mol. The van der Waals surface area contributed by atoms with Crippen LogP contribution >= 0.6 is 0 Å². The monoisotopic (exact) mass is 514 g/mol. The smallest absolute Gasteiger partial charge is 0.0159 e. The van der Waals surface area contributed by atoms with Crippen molar-refractivity contribution < 1.29 is 0 Å². The minimum atomic E-state index is -0.0450. The summed E-state index contributed by atoms with van der Waals surface area (Å²) < 4.78 is 0. The molecule has 0 aliphatic heterocycles. The maximum absolute atomic E-state index is 2.49. The topological polar surface area (TPSA) is 0 Å². The Hall–Kier alpha value is -3.12. The second-order valence-electron chi connectivity index (χ2n) is 15.2. The molecule has 1 aliphatic carbocycles. The van der Waals surface area contributed by atoms with Crippen LogP contribution < -0.4 is 0 Å². The molecule has 0 nitrogen and oxygen atoms in total. The average Bonchev–Trinajstić information content (AvgIpc) is 3.08. The summed E-state index contributed by atoms with van der Waals surface area (Å²) >= 11 is 0. The molecule has 0 heteroatoms. The summed E-state index contributed by atoms with van der Waals surface area (Å²) in [5, 5.41) is 0. The van der Waals surface area contributed by atoms with Crippen molar-refractivity contribution in [2.75, 3.05) is 0 Å². The van der Waals surface area contributed by atoms with Crippen LogP contribution in [0.4, 0.5) is 0 Å². The van der Waals surface area contributed by atoms with Gasteiger partial charge >= 0.3 is 0 Å². The lowest BCUT2D eigenvalue weighted by atomic mass is 9.76. The maximum Gasteiger partial charge on any atom is 0.0159 e. The Labute approximate surface area is 237 Å². The van der Waals surface area contributed by atoms with Gasteiger partial charge in [-0.1, -0.05) is 149 Å². The molecule has 202 valence electrons. The number of hydrogen-bond acceptors (Lipinski definition) is 0. The van der Waals surface area contributed by atoms with Crippen LogP contribution in [0.3, 0.4) is 0 Å². The van der Waals surface area contributed by atoms with Crippen LogP contribution in [0.5, 0.6) is 0 Å². The van der Waals surface area contributed by atoms with Gasteiger partial charge < -0.3 is 0 Å². The number of fused-ring (bicyclic) bond motifs is 3. The van der Waals surface area contributed by atoms with Crippen molar-refractivity contribution in [3.8, 4) is 33.4 Å². The lowest BCUT2D eigenvalue weighted by Crippen LogP contribution is -2.19. The van der Waals surface area contributed by atoms with Gasteiger partial charge in [-0.05, 0) is 83.5 Å². The molecule has 4 aromatic rings. The van der Waals surface area contributed by atoms with Gasteiger partial charge in [0.15, 0.2) is 0 Å². The van der Waals surface area contributed by atoms with E-state index in [4.69, 9.17) is 0 Å². The van der Waals surface area contributed by atoms with E-state index in [9.17, 15) is 0 Å². The number of hydrogen-bond donors (Lipinski definition) is 0. The van der Waals surface area contributed by atoms with Gasteiger partial charge in [-0.25, -0.2) is 0 Å². The molecule has 0 spiro atoms. The highest BCUT2D eigenvalue weighted by molar-refractivity contribution is 5.93. The zero-order chi connectivity index (χ0) is 28.5. The van der Waals surface area contributed by atoms with Crippen LogP contribution in [0.15, 0.2) is 78.9 Å². The molecule has 0 fully saturated rings. The molecule has 0 unspecified atom stereocenters. The van der Waals surface area contributed by atoms with E-state index < -0.39 is 0 Å². The Bertz CT molecular complexity index is 1520. The van der Waals surface area contributed by atoms with Crippen LogP contribution in [-0.2, 0) is 21.7 Å². The van der Waals surface area contributed by atoms with Crippen molar-refractivity contribution in [2.45, 2.75) is 97.8 Å².